The van der Waals surface area contributed by atoms with Crippen molar-refractivity contribution in [2.75, 3.05) is 6.54 Å². The highest BCUT2D eigenvalue weighted by Gasteiger charge is 2.14. The van der Waals surface area contributed by atoms with Gasteiger partial charge in [0.2, 0.25) is 0 Å². The van der Waals surface area contributed by atoms with Crippen LogP contribution in [0.5, 0.6) is 0 Å². The van der Waals surface area contributed by atoms with Gasteiger partial charge in [0.05, 0.1) is 0 Å². The number of hydrogen-bond acceptors (Lipinski definition) is 1. The first-order chi connectivity index (χ1) is 7.85. The van der Waals surface area contributed by atoms with Crippen LogP contribution >= 0.6 is 0 Å². The summed E-state index contributed by atoms with van der Waals surface area (Å²) in [6.45, 7) is 15.1. The van der Waals surface area contributed by atoms with E-state index in [0.717, 1.165) is 12.0 Å². The van der Waals surface area contributed by atoms with Crippen LogP contribution < -0.4 is 5.32 Å². The maximum atomic E-state index is 3.72. The van der Waals surface area contributed by atoms with Gasteiger partial charge < -0.3 is 5.32 Å². The second-order valence-electron chi connectivity index (χ2n) is 7.08. The van der Waals surface area contributed by atoms with Crippen LogP contribution in [-0.4, -0.2) is 12.6 Å². The molecule has 0 aliphatic rings. The lowest BCUT2D eigenvalue weighted by atomic mass is 9.87. The van der Waals surface area contributed by atoms with Crippen molar-refractivity contribution in [2.24, 2.45) is 11.3 Å². The van der Waals surface area contributed by atoms with E-state index >= 15 is 0 Å². The van der Waals surface area contributed by atoms with Crippen molar-refractivity contribution in [3.05, 3.63) is 0 Å². The molecule has 0 bridgehead atoms. The van der Waals surface area contributed by atoms with Gasteiger partial charge in [-0.3, -0.25) is 0 Å². The monoisotopic (exact) mass is 241 g/mol. The summed E-state index contributed by atoms with van der Waals surface area (Å²) in [4.78, 5) is 0. The molecule has 1 nitrogen and oxygen atoms in total. The molecule has 0 amide bonds. The number of nitrogens with one attached hydrogen (secondary N) is 1. The fourth-order valence-electron chi connectivity index (χ4n) is 2.08. The lowest BCUT2D eigenvalue weighted by Crippen LogP contribution is -2.31. The zero-order valence-electron chi connectivity index (χ0n) is 13.1. The molecule has 1 unspecified atom stereocenters. The van der Waals surface area contributed by atoms with Crippen LogP contribution in [-0.2, 0) is 0 Å². The smallest absolute Gasteiger partial charge is 0.00672 e. The normalized spacial score (nSPS) is 14.3. The molecule has 0 radical (unpaired) electrons. The van der Waals surface area contributed by atoms with Crippen molar-refractivity contribution in [1.82, 2.24) is 5.32 Å². The molecule has 17 heavy (non-hydrogen) atoms. The summed E-state index contributed by atoms with van der Waals surface area (Å²) in [5, 5.41) is 3.72. The molecule has 1 heteroatoms. The lowest BCUT2D eigenvalue weighted by Gasteiger charge is -2.24. The molecule has 0 aliphatic carbocycles. The standard InChI is InChI=1S/C16H35N/c1-7-13-17-15(10-8-9-14(2)3)11-12-16(4,5)6/h14-15,17H,7-13H2,1-6H3. The fourth-order valence-corrected chi connectivity index (χ4v) is 2.08. The van der Waals surface area contributed by atoms with Gasteiger partial charge in [0, 0.05) is 6.04 Å². The van der Waals surface area contributed by atoms with E-state index in [1.54, 1.807) is 0 Å². The van der Waals surface area contributed by atoms with E-state index in [1.807, 2.05) is 0 Å². The molecular weight excluding hydrogens is 206 g/mol. The summed E-state index contributed by atoms with van der Waals surface area (Å²) in [7, 11) is 0. The van der Waals surface area contributed by atoms with Gasteiger partial charge in [-0.1, -0.05) is 54.4 Å². The van der Waals surface area contributed by atoms with Crippen LogP contribution in [0.25, 0.3) is 0 Å². The Morgan fingerprint density at radius 3 is 2.12 bits per heavy atom. The van der Waals surface area contributed by atoms with Crippen molar-refractivity contribution in [2.45, 2.75) is 86.1 Å². The van der Waals surface area contributed by atoms with Crippen LogP contribution in [0.2, 0.25) is 0 Å². The Balaban J connectivity index is 3.87. The van der Waals surface area contributed by atoms with Gasteiger partial charge in [0.25, 0.3) is 0 Å². The second-order valence-corrected chi connectivity index (χ2v) is 7.08. The molecule has 0 rings (SSSR count). The average molecular weight is 241 g/mol. The topological polar surface area (TPSA) is 12.0 Å². The fraction of sp³-hybridized carbons (Fsp3) is 1.00. The Morgan fingerprint density at radius 2 is 1.65 bits per heavy atom. The van der Waals surface area contributed by atoms with Gasteiger partial charge in [0.1, 0.15) is 0 Å². The predicted octanol–water partition coefficient (Wildman–Crippen LogP) is 5.01. The number of hydrogen-bond donors (Lipinski definition) is 1. The minimum atomic E-state index is 0.476. The molecule has 0 saturated carbocycles. The third kappa shape index (κ3) is 12.2. The molecule has 0 aromatic carbocycles. The van der Waals surface area contributed by atoms with Gasteiger partial charge in [-0.05, 0) is 43.6 Å². The quantitative estimate of drug-likeness (QED) is 0.598. The maximum Gasteiger partial charge on any atom is 0.00672 e. The Hall–Kier alpha value is -0.0400. The van der Waals surface area contributed by atoms with Crippen molar-refractivity contribution in [3.8, 4) is 0 Å². The van der Waals surface area contributed by atoms with Crippen LogP contribution in [0.3, 0.4) is 0 Å². The van der Waals surface area contributed by atoms with Crippen molar-refractivity contribution >= 4 is 0 Å². The summed E-state index contributed by atoms with van der Waals surface area (Å²) in [6.07, 6.45) is 8.02. The third-order valence-corrected chi connectivity index (χ3v) is 3.26. The Bertz CT molecular complexity index is 167. The van der Waals surface area contributed by atoms with E-state index in [-0.39, 0.29) is 0 Å². The van der Waals surface area contributed by atoms with Crippen molar-refractivity contribution in [1.29, 1.82) is 0 Å². The summed E-state index contributed by atoms with van der Waals surface area (Å²) in [5.74, 6) is 0.851. The van der Waals surface area contributed by atoms with Gasteiger partial charge in [0.15, 0.2) is 0 Å². The zero-order chi connectivity index (χ0) is 13.3. The predicted molar refractivity (Wildman–Crippen MR) is 79.5 cm³/mol. The lowest BCUT2D eigenvalue weighted by molar-refractivity contribution is 0.316. The molecule has 0 fully saturated rings. The van der Waals surface area contributed by atoms with Crippen LogP contribution in [0.1, 0.15) is 80.1 Å². The van der Waals surface area contributed by atoms with E-state index in [9.17, 15) is 0 Å². The molecule has 0 spiro atoms. The molecular formula is C16H35N. The van der Waals surface area contributed by atoms with E-state index in [0.29, 0.717) is 5.41 Å². The minimum Gasteiger partial charge on any atom is -0.314 e. The molecule has 0 aliphatic heterocycles. The second kappa shape index (κ2) is 8.97. The van der Waals surface area contributed by atoms with E-state index in [4.69, 9.17) is 0 Å². The first kappa shape index (κ1) is 17.0. The highest BCUT2D eigenvalue weighted by Crippen LogP contribution is 2.23. The SMILES string of the molecule is CCCNC(CCCC(C)C)CCC(C)(C)C. The molecule has 0 heterocycles. The van der Waals surface area contributed by atoms with E-state index in [1.165, 1.54) is 45.1 Å². The Labute approximate surface area is 110 Å². The highest BCUT2D eigenvalue weighted by atomic mass is 14.9. The first-order valence-electron chi connectivity index (χ1n) is 7.58. The summed E-state index contributed by atoms with van der Waals surface area (Å²) in [6, 6.07) is 0.743. The third-order valence-electron chi connectivity index (χ3n) is 3.26. The van der Waals surface area contributed by atoms with Gasteiger partial charge in [-0.25, -0.2) is 0 Å². The molecule has 0 aromatic heterocycles. The molecule has 0 aromatic rings. The van der Waals surface area contributed by atoms with Gasteiger partial charge in [-0.15, -0.1) is 0 Å². The minimum absolute atomic E-state index is 0.476. The van der Waals surface area contributed by atoms with E-state index < -0.39 is 0 Å². The summed E-state index contributed by atoms with van der Waals surface area (Å²) < 4.78 is 0. The van der Waals surface area contributed by atoms with Crippen molar-refractivity contribution in [3.63, 3.8) is 0 Å². The largest absolute Gasteiger partial charge is 0.314 e. The maximum absolute atomic E-state index is 3.72. The first-order valence-corrected chi connectivity index (χ1v) is 7.58. The van der Waals surface area contributed by atoms with Crippen molar-refractivity contribution < 1.29 is 0 Å². The average Bonchev–Trinajstić information content (AvgIpc) is 2.19. The number of rotatable bonds is 9. The van der Waals surface area contributed by atoms with E-state index in [2.05, 4.69) is 46.9 Å². The summed E-state index contributed by atoms with van der Waals surface area (Å²) >= 11 is 0. The van der Waals surface area contributed by atoms with Crippen LogP contribution in [0.4, 0.5) is 0 Å². The van der Waals surface area contributed by atoms with Gasteiger partial charge in [-0.2, -0.15) is 0 Å². The Morgan fingerprint density at radius 1 is 1.00 bits per heavy atom. The molecule has 1 N–H and O–H groups in total. The van der Waals surface area contributed by atoms with Crippen LogP contribution in [0.15, 0.2) is 0 Å². The van der Waals surface area contributed by atoms with Crippen LogP contribution in [0, 0.1) is 11.3 Å². The molecule has 0 saturated heterocycles. The molecule has 104 valence electrons. The highest BCUT2D eigenvalue weighted by molar-refractivity contribution is 4.71. The molecule has 1 atom stereocenters. The zero-order valence-corrected chi connectivity index (χ0v) is 13.1. The summed E-state index contributed by atoms with van der Waals surface area (Å²) in [5.41, 5.74) is 0.476. The Kier molecular flexibility index (Phi) is 8.94. The van der Waals surface area contributed by atoms with Gasteiger partial charge >= 0.3 is 0 Å².